The van der Waals surface area contributed by atoms with Crippen molar-refractivity contribution in [2.45, 2.75) is 67.7 Å². The third kappa shape index (κ3) is 2.62. The first-order chi connectivity index (χ1) is 17.5. The van der Waals surface area contributed by atoms with Crippen LogP contribution in [0.4, 0.5) is 0 Å². The predicted molar refractivity (Wildman–Crippen MR) is 134 cm³/mol. The van der Waals surface area contributed by atoms with Gasteiger partial charge in [0, 0.05) is 29.1 Å². The van der Waals surface area contributed by atoms with E-state index in [4.69, 9.17) is 4.74 Å². The lowest BCUT2D eigenvalue weighted by molar-refractivity contribution is -0.191. The maximum Gasteiger partial charge on any atom is 0.268 e. The minimum atomic E-state index is -0.945. The van der Waals surface area contributed by atoms with Gasteiger partial charge in [-0.1, -0.05) is 24.3 Å². The highest BCUT2D eigenvalue weighted by molar-refractivity contribution is 5.98. The zero-order valence-corrected chi connectivity index (χ0v) is 20.2. The van der Waals surface area contributed by atoms with Crippen molar-refractivity contribution in [3.63, 3.8) is 0 Å². The number of amides is 1. The minimum Gasteiger partial charge on any atom is -0.504 e. The van der Waals surface area contributed by atoms with E-state index < -0.39 is 17.1 Å². The molecule has 7 heteroatoms. The molecule has 8 rings (SSSR count). The second-order valence-corrected chi connectivity index (χ2v) is 11.7. The summed E-state index contributed by atoms with van der Waals surface area (Å²) >= 11 is 0. The lowest BCUT2D eigenvalue weighted by atomic mass is 9.48. The number of aromatic amines is 1. The monoisotopic (exact) mass is 485 g/mol. The lowest BCUT2D eigenvalue weighted by Crippen LogP contribution is -2.78. The largest absolute Gasteiger partial charge is 0.504 e. The highest BCUT2D eigenvalue weighted by atomic mass is 16.5. The van der Waals surface area contributed by atoms with Crippen LogP contribution in [0.3, 0.4) is 0 Å². The van der Waals surface area contributed by atoms with Gasteiger partial charge in [0.2, 0.25) is 0 Å². The van der Waals surface area contributed by atoms with Gasteiger partial charge in [0.05, 0.1) is 17.1 Å². The van der Waals surface area contributed by atoms with Crippen molar-refractivity contribution >= 4 is 16.8 Å². The summed E-state index contributed by atoms with van der Waals surface area (Å²) in [5, 5.41) is 27.6. The van der Waals surface area contributed by atoms with Gasteiger partial charge in [-0.3, -0.25) is 9.69 Å². The number of phenolic OH excluding ortho intramolecular Hbond substituents is 1. The standard InChI is InChI=1S/C29H31N3O4/c33-22-8-7-18-14-23-29(35)10-9-20(31-27(34)21-13-17-3-1-2-4-19(17)30-21)26-28(29,24(18)25(22)36-26)11-12-32(23)15-16-5-6-16/h1-4,7-8,13,16,20,23,26,30,33,35H,5-6,9-12,14-15H2,(H,31,34)/t20-,23-,26+,28+,29-/m1/s1. The van der Waals surface area contributed by atoms with Crippen LogP contribution >= 0.6 is 0 Å². The molecule has 3 aromatic rings. The molecule has 2 aromatic carbocycles. The molecule has 186 valence electrons. The highest BCUT2D eigenvalue weighted by Crippen LogP contribution is 2.65. The molecule has 2 bridgehead atoms. The van der Waals surface area contributed by atoms with Crippen LogP contribution in [0.5, 0.6) is 11.5 Å². The van der Waals surface area contributed by atoms with Crippen molar-refractivity contribution in [2.75, 3.05) is 13.1 Å². The van der Waals surface area contributed by atoms with Gasteiger partial charge in [-0.15, -0.1) is 0 Å². The molecular formula is C29H31N3O4. The van der Waals surface area contributed by atoms with E-state index in [9.17, 15) is 15.0 Å². The Hall–Kier alpha value is -3.03. The average molecular weight is 486 g/mol. The van der Waals surface area contributed by atoms with E-state index in [1.807, 2.05) is 36.4 Å². The van der Waals surface area contributed by atoms with Crippen LogP contribution in [0.15, 0.2) is 42.5 Å². The third-order valence-electron chi connectivity index (χ3n) is 9.85. The maximum absolute atomic E-state index is 13.4. The number of H-pyrrole nitrogens is 1. The molecule has 2 aliphatic heterocycles. The van der Waals surface area contributed by atoms with Crippen LogP contribution in [0, 0.1) is 5.92 Å². The number of aliphatic hydroxyl groups is 1. The SMILES string of the molecule is O=C(N[C@@H]1CC[C@@]2(O)[C@H]3Cc4ccc(O)c5c4[C@@]2(CCN3CC2CC2)[C@H]1O5)c1cc2ccccc2[nH]1. The number of rotatable bonds is 4. The van der Waals surface area contributed by atoms with E-state index in [1.54, 1.807) is 6.07 Å². The van der Waals surface area contributed by atoms with Crippen molar-refractivity contribution in [3.8, 4) is 11.5 Å². The Morgan fingerprint density at radius 2 is 2.03 bits per heavy atom. The van der Waals surface area contributed by atoms with E-state index in [0.717, 1.165) is 48.3 Å². The van der Waals surface area contributed by atoms with Crippen molar-refractivity contribution in [1.29, 1.82) is 0 Å². The quantitative estimate of drug-likeness (QED) is 0.455. The Balaban J connectivity index is 1.18. The molecule has 0 unspecified atom stereocenters. The van der Waals surface area contributed by atoms with Gasteiger partial charge in [-0.05, 0) is 74.8 Å². The van der Waals surface area contributed by atoms with Gasteiger partial charge in [0.25, 0.3) is 5.91 Å². The number of nitrogens with zero attached hydrogens (tertiary/aromatic N) is 1. The number of likely N-dealkylation sites (tertiary alicyclic amines) is 1. The molecule has 7 nitrogen and oxygen atoms in total. The van der Waals surface area contributed by atoms with Crippen LogP contribution in [-0.2, 0) is 11.8 Å². The number of phenols is 1. The van der Waals surface area contributed by atoms with Crippen molar-refractivity contribution < 1.29 is 19.7 Å². The molecule has 3 aliphatic carbocycles. The Morgan fingerprint density at radius 3 is 2.86 bits per heavy atom. The fraction of sp³-hybridized carbons (Fsp3) is 0.483. The number of carbonyl (C=O) groups is 1. The molecule has 5 aliphatic rings. The molecule has 4 N–H and O–H groups in total. The average Bonchev–Trinajstić information content (AvgIpc) is 3.45. The molecule has 3 fully saturated rings. The van der Waals surface area contributed by atoms with E-state index in [1.165, 1.54) is 18.4 Å². The van der Waals surface area contributed by atoms with Gasteiger partial charge < -0.3 is 25.3 Å². The molecule has 2 saturated carbocycles. The van der Waals surface area contributed by atoms with Crippen LogP contribution in [-0.4, -0.2) is 62.9 Å². The molecule has 1 amide bonds. The zero-order valence-electron chi connectivity index (χ0n) is 20.2. The first-order valence-electron chi connectivity index (χ1n) is 13.3. The number of hydrogen-bond acceptors (Lipinski definition) is 5. The molecule has 1 aromatic heterocycles. The highest BCUT2D eigenvalue weighted by Gasteiger charge is 2.73. The number of aromatic hydroxyl groups is 1. The maximum atomic E-state index is 13.4. The van der Waals surface area contributed by atoms with Crippen LogP contribution < -0.4 is 10.1 Å². The van der Waals surface area contributed by atoms with E-state index in [2.05, 4.69) is 15.2 Å². The Bertz CT molecular complexity index is 1380. The summed E-state index contributed by atoms with van der Waals surface area (Å²) in [6.07, 6.45) is 4.93. The number of ether oxygens (including phenoxy) is 1. The summed E-state index contributed by atoms with van der Waals surface area (Å²) in [6, 6.07) is 13.2. The minimum absolute atomic E-state index is 0.0336. The summed E-state index contributed by atoms with van der Waals surface area (Å²) in [4.78, 5) is 19.1. The second-order valence-electron chi connectivity index (χ2n) is 11.7. The van der Waals surface area contributed by atoms with Crippen molar-refractivity contribution in [1.82, 2.24) is 15.2 Å². The molecule has 3 heterocycles. The van der Waals surface area contributed by atoms with E-state index in [-0.39, 0.29) is 23.7 Å². The lowest BCUT2D eigenvalue weighted by Gasteiger charge is -2.64. The van der Waals surface area contributed by atoms with Crippen molar-refractivity contribution in [3.05, 3.63) is 59.3 Å². The van der Waals surface area contributed by atoms with Gasteiger partial charge in [0.1, 0.15) is 11.8 Å². The number of para-hydroxylation sites is 1. The first-order valence-corrected chi connectivity index (χ1v) is 13.3. The van der Waals surface area contributed by atoms with Crippen LogP contribution in [0.2, 0.25) is 0 Å². The summed E-state index contributed by atoms with van der Waals surface area (Å²) in [5.41, 5.74) is 2.03. The fourth-order valence-corrected chi connectivity index (χ4v) is 8.07. The normalized spacial score (nSPS) is 34.3. The summed E-state index contributed by atoms with van der Waals surface area (Å²) in [7, 11) is 0. The predicted octanol–water partition coefficient (Wildman–Crippen LogP) is 3.24. The second kappa shape index (κ2) is 7.05. The Kier molecular flexibility index (Phi) is 4.13. The number of fused-ring (bicyclic) bond motifs is 1. The topological polar surface area (TPSA) is 97.8 Å². The Labute approximate surface area is 209 Å². The summed E-state index contributed by atoms with van der Waals surface area (Å²) < 4.78 is 6.56. The zero-order chi connectivity index (χ0) is 24.2. The molecular weight excluding hydrogens is 454 g/mol. The number of hydrogen-bond donors (Lipinski definition) is 4. The van der Waals surface area contributed by atoms with E-state index in [0.29, 0.717) is 24.3 Å². The van der Waals surface area contributed by atoms with Gasteiger partial charge in [0.15, 0.2) is 11.5 Å². The molecule has 1 spiro atoms. The summed E-state index contributed by atoms with van der Waals surface area (Å²) in [5.74, 6) is 1.22. The smallest absolute Gasteiger partial charge is 0.268 e. The number of benzene rings is 2. The number of carbonyl (C=O) groups excluding carboxylic acids is 1. The van der Waals surface area contributed by atoms with Gasteiger partial charge >= 0.3 is 0 Å². The molecule has 0 radical (unpaired) electrons. The Morgan fingerprint density at radius 1 is 1.17 bits per heavy atom. The number of nitrogens with one attached hydrogen (secondary N) is 2. The van der Waals surface area contributed by atoms with Gasteiger partial charge in [-0.2, -0.15) is 0 Å². The van der Waals surface area contributed by atoms with Crippen LogP contribution in [0.25, 0.3) is 10.9 Å². The van der Waals surface area contributed by atoms with Crippen molar-refractivity contribution in [2.24, 2.45) is 5.92 Å². The molecule has 36 heavy (non-hydrogen) atoms. The summed E-state index contributed by atoms with van der Waals surface area (Å²) in [6.45, 7) is 1.95. The number of aromatic nitrogens is 1. The fourth-order valence-electron chi connectivity index (χ4n) is 8.07. The van der Waals surface area contributed by atoms with Gasteiger partial charge in [-0.25, -0.2) is 0 Å². The first kappa shape index (κ1) is 21.1. The van der Waals surface area contributed by atoms with E-state index >= 15 is 0 Å². The number of piperidine rings is 1. The molecule has 5 atom stereocenters. The van der Waals surface area contributed by atoms with Crippen LogP contribution in [0.1, 0.15) is 53.7 Å². The third-order valence-corrected chi connectivity index (χ3v) is 9.85. The molecule has 1 saturated heterocycles.